The summed E-state index contributed by atoms with van der Waals surface area (Å²) >= 11 is 0. The minimum absolute atomic E-state index is 0.107. The van der Waals surface area contributed by atoms with Crippen molar-refractivity contribution < 1.29 is 13.9 Å². The van der Waals surface area contributed by atoms with Gasteiger partial charge in [-0.25, -0.2) is 8.78 Å². The second-order valence-electron chi connectivity index (χ2n) is 5.02. The summed E-state index contributed by atoms with van der Waals surface area (Å²) in [5.41, 5.74) is 1.81. The molecule has 0 aliphatic rings. The molecule has 0 spiro atoms. The van der Waals surface area contributed by atoms with Gasteiger partial charge in [-0.15, -0.1) is 0 Å². The van der Waals surface area contributed by atoms with E-state index in [4.69, 9.17) is 0 Å². The molecule has 21 heavy (non-hydrogen) atoms. The summed E-state index contributed by atoms with van der Waals surface area (Å²) in [6.07, 6.45) is -0.812. The van der Waals surface area contributed by atoms with E-state index >= 15 is 0 Å². The van der Waals surface area contributed by atoms with Crippen molar-refractivity contribution in [3.63, 3.8) is 0 Å². The first-order chi connectivity index (χ1) is 10.0. The third-order valence-corrected chi connectivity index (χ3v) is 3.45. The zero-order valence-corrected chi connectivity index (χ0v) is 11.4. The maximum Gasteiger partial charge on any atom is 0.126 e. The number of hydrogen-bond acceptors (Lipinski definition) is 2. The molecule has 0 aliphatic carbocycles. The van der Waals surface area contributed by atoms with E-state index in [-0.39, 0.29) is 6.42 Å². The second kappa shape index (κ2) is 5.26. The molecular weight excluding hydrogens is 274 g/mol. The van der Waals surface area contributed by atoms with Crippen molar-refractivity contribution >= 4 is 10.9 Å². The topological polar surface area (TPSA) is 38.0 Å². The summed E-state index contributed by atoms with van der Waals surface area (Å²) in [5, 5.41) is 15.5. The molecule has 1 atom stereocenters. The van der Waals surface area contributed by atoms with Crippen LogP contribution >= 0.6 is 0 Å². The number of aliphatic hydroxyl groups is 1. The molecular formula is C16H14F2N2O. The highest BCUT2D eigenvalue weighted by atomic mass is 19.1. The van der Waals surface area contributed by atoms with Crippen molar-refractivity contribution in [1.82, 2.24) is 9.78 Å². The van der Waals surface area contributed by atoms with E-state index < -0.39 is 17.7 Å². The van der Waals surface area contributed by atoms with Crippen molar-refractivity contribution in [2.75, 3.05) is 0 Å². The Kier molecular flexibility index (Phi) is 3.43. The van der Waals surface area contributed by atoms with Crippen LogP contribution in [0.3, 0.4) is 0 Å². The lowest BCUT2D eigenvalue weighted by Gasteiger charge is -2.09. The lowest BCUT2D eigenvalue weighted by molar-refractivity contribution is 0.174. The molecule has 0 radical (unpaired) electrons. The highest BCUT2D eigenvalue weighted by Gasteiger charge is 2.17. The number of halogens is 2. The molecule has 0 amide bonds. The highest BCUT2D eigenvalue weighted by Crippen LogP contribution is 2.26. The fraction of sp³-hybridized carbons (Fsp3) is 0.188. The summed E-state index contributed by atoms with van der Waals surface area (Å²) in [4.78, 5) is 0. The van der Waals surface area contributed by atoms with Crippen LogP contribution in [0.25, 0.3) is 10.9 Å². The Hall–Kier alpha value is -2.27. The summed E-state index contributed by atoms with van der Waals surface area (Å²) in [6, 6.07) is 10.8. The van der Waals surface area contributed by atoms with Crippen LogP contribution in [0.15, 0.2) is 42.5 Å². The number of nitrogens with zero attached hydrogens (tertiary/aromatic N) is 2. The molecule has 3 rings (SSSR count). The maximum absolute atomic E-state index is 13.2. The molecule has 1 aromatic heterocycles. The van der Waals surface area contributed by atoms with E-state index in [1.807, 2.05) is 24.3 Å². The second-order valence-corrected chi connectivity index (χ2v) is 5.02. The zero-order valence-electron chi connectivity index (χ0n) is 11.4. The van der Waals surface area contributed by atoms with Crippen LogP contribution in [0.1, 0.15) is 17.4 Å². The smallest absolute Gasteiger partial charge is 0.126 e. The van der Waals surface area contributed by atoms with Gasteiger partial charge in [-0.3, -0.25) is 4.68 Å². The van der Waals surface area contributed by atoms with Crippen molar-refractivity contribution in [3.05, 3.63) is 65.4 Å². The van der Waals surface area contributed by atoms with Crippen LogP contribution in [0.5, 0.6) is 0 Å². The van der Waals surface area contributed by atoms with Gasteiger partial charge >= 0.3 is 0 Å². The first kappa shape index (κ1) is 13.7. The van der Waals surface area contributed by atoms with Gasteiger partial charge in [-0.2, -0.15) is 5.10 Å². The van der Waals surface area contributed by atoms with Crippen molar-refractivity contribution in [2.45, 2.75) is 12.5 Å². The van der Waals surface area contributed by atoms with Crippen LogP contribution in [0, 0.1) is 11.6 Å². The molecule has 1 N–H and O–H groups in total. The van der Waals surface area contributed by atoms with E-state index in [1.54, 1.807) is 11.7 Å². The Labute approximate surface area is 120 Å². The standard InChI is InChI=1S/C16H14F2N2O/c1-20-14-5-3-2-4-13(14)16(19-20)15(21)8-10-6-11(17)9-12(18)7-10/h2-7,9,15,21H,8H2,1H3. The molecule has 0 aliphatic heterocycles. The van der Waals surface area contributed by atoms with Gasteiger partial charge < -0.3 is 5.11 Å². The fourth-order valence-corrected chi connectivity index (χ4v) is 2.54. The largest absolute Gasteiger partial charge is 0.386 e. The summed E-state index contributed by atoms with van der Waals surface area (Å²) < 4.78 is 28.1. The third kappa shape index (κ3) is 2.64. The average molecular weight is 288 g/mol. The summed E-state index contributed by atoms with van der Waals surface area (Å²) in [5.74, 6) is -1.30. The number of hydrogen-bond donors (Lipinski definition) is 1. The molecule has 108 valence electrons. The molecule has 1 heterocycles. The molecule has 1 unspecified atom stereocenters. The highest BCUT2D eigenvalue weighted by molar-refractivity contribution is 5.82. The molecule has 0 fully saturated rings. The number of benzene rings is 2. The van der Waals surface area contributed by atoms with Crippen LogP contribution in [0.2, 0.25) is 0 Å². The van der Waals surface area contributed by atoms with Crippen LogP contribution < -0.4 is 0 Å². The zero-order chi connectivity index (χ0) is 15.0. The summed E-state index contributed by atoms with van der Waals surface area (Å²) in [6.45, 7) is 0. The van der Waals surface area contributed by atoms with Gasteiger partial charge in [0.05, 0.1) is 11.2 Å². The number of aryl methyl sites for hydroxylation is 1. The Balaban J connectivity index is 1.95. The molecule has 0 bridgehead atoms. The lowest BCUT2D eigenvalue weighted by atomic mass is 10.0. The normalized spacial score (nSPS) is 12.8. The fourth-order valence-electron chi connectivity index (χ4n) is 2.54. The number of rotatable bonds is 3. The first-order valence-corrected chi connectivity index (χ1v) is 6.59. The SMILES string of the molecule is Cn1nc(C(O)Cc2cc(F)cc(F)c2)c2ccccc21. The van der Waals surface area contributed by atoms with Crippen LogP contribution in [-0.2, 0) is 13.5 Å². The molecule has 3 aromatic rings. The van der Waals surface area contributed by atoms with Gasteiger partial charge in [0.1, 0.15) is 17.7 Å². The quantitative estimate of drug-likeness (QED) is 0.804. The Morgan fingerprint density at radius 2 is 1.81 bits per heavy atom. The van der Waals surface area contributed by atoms with E-state index in [0.717, 1.165) is 17.0 Å². The minimum atomic E-state index is -0.919. The predicted molar refractivity (Wildman–Crippen MR) is 75.7 cm³/mol. The maximum atomic E-state index is 13.2. The monoisotopic (exact) mass is 288 g/mol. The van der Waals surface area contributed by atoms with Gasteiger partial charge in [-0.1, -0.05) is 18.2 Å². The molecule has 0 saturated heterocycles. The van der Waals surface area contributed by atoms with Gasteiger partial charge in [0.15, 0.2) is 0 Å². The number of aliphatic hydroxyl groups excluding tert-OH is 1. The predicted octanol–water partition coefficient (Wildman–Crippen LogP) is 3.13. The molecule has 2 aromatic carbocycles. The van der Waals surface area contributed by atoms with E-state index in [0.29, 0.717) is 11.3 Å². The third-order valence-electron chi connectivity index (χ3n) is 3.45. The number of para-hydroxylation sites is 1. The van der Waals surface area contributed by atoms with E-state index in [9.17, 15) is 13.9 Å². The van der Waals surface area contributed by atoms with E-state index in [1.165, 1.54) is 12.1 Å². The van der Waals surface area contributed by atoms with Gasteiger partial charge in [0.25, 0.3) is 0 Å². The Bertz CT molecular complexity index is 778. The summed E-state index contributed by atoms with van der Waals surface area (Å²) in [7, 11) is 1.79. The Morgan fingerprint density at radius 3 is 2.52 bits per heavy atom. The average Bonchev–Trinajstić information content (AvgIpc) is 2.76. The number of fused-ring (bicyclic) bond motifs is 1. The molecule has 5 heteroatoms. The van der Waals surface area contributed by atoms with Gasteiger partial charge in [-0.05, 0) is 23.8 Å². The Morgan fingerprint density at radius 1 is 1.14 bits per heavy atom. The molecule has 0 saturated carbocycles. The first-order valence-electron chi connectivity index (χ1n) is 6.59. The van der Waals surface area contributed by atoms with Gasteiger partial charge in [0.2, 0.25) is 0 Å². The van der Waals surface area contributed by atoms with E-state index in [2.05, 4.69) is 5.10 Å². The van der Waals surface area contributed by atoms with Crippen molar-refractivity contribution in [3.8, 4) is 0 Å². The minimum Gasteiger partial charge on any atom is -0.386 e. The van der Waals surface area contributed by atoms with Crippen LogP contribution in [-0.4, -0.2) is 14.9 Å². The van der Waals surface area contributed by atoms with Crippen molar-refractivity contribution in [2.24, 2.45) is 7.05 Å². The van der Waals surface area contributed by atoms with Crippen LogP contribution in [0.4, 0.5) is 8.78 Å². The lowest BCUT2D eigenvalue weighted by Crippen LogP contribution is -2.04. The molecule has 3 nitrogen and oxygen atoms in total. The van der Waals surface area contributed by atoms with Gasteiger partial charge in [0, 0.05) is 24.9 Å². The number of aromatic nitrogens is 2. The van der Waals surface area contributed by atoms with Crippen molar-refractivity contribution in [1.29, 1.82) is 0 Å².